The summed E-state index contributed by atoms with van der Waals surface area (Å²) in [5.74, 6) is 0.0678. The van der Waals surface area contributed by atoms with Crippen molar-refractivity contribution in [2.45, 2.75) is 12.5 Å². The number of aromatic nitrogens is 2. The highest BCUT2D eigenvalue weighted by atomic mass is 32.2. The summed E-state index contributed by atoms with van der Waals surface area (Å²) in [4.78, 5) is 4.18. The molecule has 0 aliphatic heterocycles. The van der Waals surface area contributed by atoms with E-state index in [9.17, 15) is 12.8 Å². The van der Waals surface area contributed by atoms with Gasteiger partial charge in [-0.3, -0.25) is 0 Å². The van der Waals surface area contributed by atoms with Gasteiger partial charge >= 0.3 is 0 Å². The van der Waals surface area contributed by atoms with E-state index in [4.69, 9.17) is 5.73 Å². The van der Waals surface area contributed by atoms with Crippen LogP contribution in [0.4, 0.5) is 4.39 Å². The SMILES string of the molecule is Cn1c(C(N)CCS(C)(=O)=O)nc2c(F)cccc21. The van der Waals surface area contributed by atoms with Gasteiger partial charge in [0, 0.05) is 13.3 Å². The lowest BCUT2D eigenvalue weighted by molar-refractivity contribution is 0.581. The molecule has 0 spiro atoms. The summed E-state index contributed by atoms with van der Waals surface area (Å²) in [7, 11) is -1.33. The molecule has 104 valence electrons. The highest BCUT2D eigenvalue weighted by molar-refractivity contribution is 7.90. The predicted molar refractivity (Wildman–Crippen MR) is 71.9 cm³/mol. The predicted octanol–water partition coefficient (Wildman–Crippen LogP) is 1.15. The molecule has 19 heavy (non-hydrogen) atoms. The number of rotatable bonds is 4. The van der Waals surface area contributed by atoms with Gasteiger partial charge < -0.3 is 10.3 Å². The van der Waals surface area contributed by atoms with Gasteiger partial charge in [0.05, 0.1) is 17.3 Å². The summed E-state index contributed by atoms with van der Waals surface area (Å²) in [5, 5.41) is 0. The maximum atomic E-state index is 13.6. The van der Waals surface area contributed by atoms with E-state index >= 15 is 0 Å². The lowest BCUT2D eigenvalue weighted by Gasteiger charge is -2.10. The van der Waals surface area contributed by atoms with E-state index in [1.54, 1.807) is 23.7 Å². The number of halogens is 1. The third kappa shape index (κ3) is 2.93. The van der Waals surface area contributed by atoms with Gasteiger partial charge in [0.15, 0.2) is 5.82 Å². The molecule has 1 atom stereocenters. The Kier molecular flexibility index (Phi) is 3.60. The molecule has 1 aromatic carbocycles. The first-order valence-electron chi connectivity index (χ1n) is 5.84. The van der Waals surface area contributed by atoms with Gasteiger partial charge in [0.2, 0.25) is 0 Å². The quantitative estimate of drug-likeness (QED) is 0.914. The van der Waals surface area contributed by atoms with Crippen molar-refractivity contribution in [1.29, 1.82) is 0 Å². The van der Waals surface area contributed by atoms with Crippen LogP contribution in [-0.4, -0.2) is 30.0 Å². The van der Waals surface area contributed by atoms with Crippen LogP contribution >= 0.6 is 0 Å². The summed E-state index contributed by atoms with van der Waals surface area (Å²) >= 11 is 0. The summed E-state index contributed by atoms with van der Waals surface area (Å²) in [6.45, 7) is 0. The number of imidazole rings is 1. The highest BCUT2D eigenvalue weighted by Crippen LogP contribution is 2.22. The van der Waals surface area contributed by atoms with Crippen molar-refractivity contribution >= 4 is 20.9 Å². The van der Waals surface area contributed by atoms with Crippen molar-refractivity contribution in [3.63, 3.8) is 0 Å². The van der Waals surface area contributed by atoms with E-state index < -0.39 is 21.7 Å². The Morgan fingerprint density at radius 3 is 2.74 bits per heavy atom. The first-order chi connectivity index (χ1) is 8.79. The van der Waals surface area contributed by atoms with Crippen molar-refractivity contribution in [3.8, 4) is 0 Å². The second-order valence-corrected chi connectivity index (χ2v) is 6.92. The van der Waals surface area contributed by atoms with Gasteiger partial charge in [0.25, 0.3) is 0 Å². The van der Waals surface area contributed by atoms with Crippen LogP contribution < -0.4 is 5.73 Å². The molecule has 0 saturated heterocycles. The van der Waals surface area contributed by atoms with Gasteiger partial charge in [-0.2, -0.15) is 0 Å². The summed E-state index contributed by atoms with van der Waals surface area (Å²) in [6.07, 6.45) is 1.42. The van der Waals surface area contributed by atoms with Crippen molar-refractivity contribution in [1.82, 2.24) is 9.55 Å². The molecule has 0 fully saturated rings. The lowest BCUT2D eigenvalue weighted by atomic mass is 10.2. The van der Waals surface area contributed by atoms with Crippen LogP contribution in [0.3, 0.4) is 0 Å². The lowest BCUT2D eigenvalue weighted by Crippen LogP contribution is -2.19. The third-order valence-electron chi connectivity index (χ3n) is 3.03. The number of hydrogen-bond donors (Lipinski definition) is 1. The highest BCUT2D eigenvalue weighted by Gasteiger charge is 2.18. The molecular formula is C12H16FN3O2S. The molecule has 1 unspecified atom stereocenters. The third-order valence-corrected chi connectivity index (χ3v) is 4.01. The second-order valence-electron chi connectivity index (χ2n) is 4.66. The first kappa shape index (κ1) is 14.0. The van der Waals surface area contributed by atoms with Crippen molar-refractivity contribution < 1.29 is 12.8 Å². The van der Waals surface area contributed by atoms with Crippen LogP contribution in [-0.2, 0) is 16.9 Å². The Hall–Kier alpha value is -1.47. The largest absolute Gasteiger partial charge is 0.330 e. The fourth-order valence-corrected chi connectivity index (χ4v) is 2.68. The molecule has 0 radical (unpaired) electrons. The Morgan fingerprint density at radius 1 is 1.47 bits per heavy atom. The van der Waals surface area contributed by atoms with Crippen molar-refractivity contribution in [2.24, 2.45) is 12.8 Å². The number of nitrogens with zero attached hydrogens (tertiary/aromatic N) is 2. The van der Waals surface area contributed by atoms with Crippen molar-refractivity contribution in [2.75, 3.05) is 12.0 Å². The summed E-state index contributed by atoms with van der Waals surface area (Å²) < 4.78 is 37.6. The minimum absolute atomic E-state index is 0.0140. The minimum atomic E-state index is -3.07. The molecule has 1 aromatic heterocycles. The Labute approximate surface area is 111 Å². The van der Waals surface area contributed by atoms with Crippen LogP contribution in [0, 0.1) is 5.82 Å². The van der Waals surface area contributed by atoms with E-state index in [1.165, 1.54) is 6.07 Å². The number of aryl methyl sites for hydroxylation is 1. The van der Waals surface area contributed by atoms with Crippen LogP contribution in [0.5, 0.6) is 0 Å². The molecular weight excluding hydrogens is 269 g/mol. The van der Waals surface area contributed by atoms with Crippen LogP contribution in [0.25, 0.3) is 11.0 Å². The van der Waals surface area contributed by atoms with Crippen LogP contribution in [0.1, 0.15) is 18.3 Å². The molecule has 7 heteroatoms. The molecule has 0 aliphatic carbocycles. The number of fused-ring (bicyclic) bond motifs is 1. The summed E-state index contributed by atoms with van der Waals surface area (Å²) in [5.41, 5.74) is 6.85. The Bertz CT molecular complexity index is 709. The molecule has 2 aromatic rings. The number of hydrogen-bond acceptors (Lipinski definition) is 4. The standard InChI is InChI=1S/C12H16FN3O2S/c1-16-10-5-3-4-8(13)11(10)15-12(16)9(14)6-7-19(2,17)18/h3-5,9H,6-7,14H2,1-2H3. The molecule has 5 nitrogen and oxygen atoms in total. The smallest absolute Gasteiger partial charge is 0.151 e. The fourth-order valence-electron chi connectivity index (χ4n) is 2.00. The maximum absolute atomic E-state index is 13.6. The van der Waals surface area contributed by atoms with E-state index in [0.29, 0.717) is 11.3 Å². The maximum Gasteiger partial charge on any atom is 0.151 e. The molecule has 0 saturated carbocycles. The zero-order chi connectivity index (χ0) is 14.2. The zero-order valence-electron chi connectivity index (χ0n) is 10.8. The number of benzene rings is 1. The second kappa shape index (κ2) is 4.90. The van der Waals surface area contributed by atoms with Crippen LogP contribution in [0.15, 0.2) is 18.2 Å². The molecule has 2 N–H and O–H groups in total. The van der Waals surface area contributed by atoms with Gasteiger partial charge in [-0.15, -0.1) is 0 Å². The minimum Gasteiger partial charge on any atom is -0.330 e. The van der Waals surface area contributed by atoms with Gasteiger partial charge in [0.1, 0.15) is 21.2 Å². The van der Waals surface area contributed by atoms with E-state index in [0.717, 1.165) is 6.26 Å². The number of sulfone groups is 1. The van der Waals surface area contributed by atoms with Gasteiger partial charge in [-0.05, 0) is 18.6 Å². The van der Waals surface area contributed by atoms with E-state index in [2.05, 4.69) is 4.98 Å². The fraction of sp³-hybridized carbons (Fsp3) is 0.417. The average Bonchev–Trinajstić information content (AvgIpc) is 2.65. The van der Waals surface area contributed by atoms with Gasteiger partial charge in [-0.1, -0.05) is 6.07 Å². The van der Waals surface area contributed by atoms with Gasteiger partial charge in [-0.25, -0.2) is 17.8 Å². The van der Waals surface area contributed by atoms with Crippen molar-refractivity contribution in [3.05, 3.63) is 29.8 Å². The zero-order valence-corrected chi connectivity index (χ0v) is 11.6. The van der Waals surface area contributed by atoms with E-state index in [-0.39, 0.29) is 17.7 Å². The monoisotopic (exact) mass is 285 g/mol. The molecule has 0 amide bonds. The van der Waals surface area contributed by atoms with E-state index in [1.807, 2.05) is 0 Å². The Morgan fingerprint density at radius 2 is 2.16 bits per heavy atom. The first-order valence-corrected chi connectivity index (χ1v) is 7.90. The normalized spacial score (nSPS) is 13.9. The Balaban J connectivity index is 2.35. The number of nitrogens with two attached hydrogens (primary N) is 1. The molecule has 0 aliphatic rings. The summed E-state index contributed by atoms with van der Waals surface area (Å²) in [6, 6.07) is 4.15. The number of para-hydroxylation sites is 1. The molecule has 2 rings (SSSR count). The van der Waals surface area contributed by atoms with Crippen LogP contribution in [0.2, 0.25) is 0 Å². The average molecular weight is 285 g/mol. The topological polar surface area (TPSA) is 78.0 Å². The molecule has 0 bridgehead atoms. The molecule has 1 heterocycles.